The highest BCUT2D eigenvalue weighted by Gasteiger charge is 2.38. The molecule has 0 bridgehead atoms. The molecule has 1 aliphatic rings. The summed E-state index contributed by atoms with van der Waals surface area (Å²) in [4.78, 5) is 11.3. The second kappa shape index (κ2) is 6.40. The average molecular weight is 339 g/mol. The van der Waals surface area contributed by atoms with Gasteiger partial charge in [-0.1, -0.05) is 40.6 Å². The van der Waals surface area contributed by atoms with E-state index in [4.69, 9.17) is 9.05 Å². The Hall–Kier alpha value is -2.54. The number of hydrogen-bond donors (Lipinski definition) is 0. The lowest BCUT2D eigenvalue weighted by Crippen LogP contribution is -2.44. The topological polar surface area (TPSA) is 81.1 Å². The van der Waals surface area contributed by atoms with Crippen LogP contribution in [0.1, 0.15) is 37.4 Å². The molecule has 7 heteroatoms. The zero-order valence-corrected chi connectivity index (χ0v) is 14.5. The van der Waals surface area contributed by atoms with Gasteiger partial charge in [-0.15, -0.1) is 0 Å². The Morgan fingerprint density at radius 3 is 2.72 bits per heavy atom. The van der Waals surface area contributed by atoms with Crippen molar-refractivity contribution < 1.29 is 9.05 Å². The van der Waals surface area contributed by atoms with E-state index in [1.165, 1.54) is 0 Å². The van der Waals surface area contributed by atoms with Crippen LogP contribution >= 0.6 is 0 Å². The molecule has 4 rings (SSSR count). The van der Waals surface area contributed by atoms with Crippen molar-refractivity contribution in [1.29, 1.82) is 0 Å². The van der Waals surface area contributed by atoms with Gasteiger partial charge in [0.1, 0.15) is 0 Å². The molecule has 3 heterocycles. The molecule has 1 aromatic carbocycles. The second-order valence-electron chi connectivity index (χ2n) is 6.90. The molecule has 1 saturated heterocycles. The van der Waals surface area contributed by atoms with Gasteiger partial charge >= 0.3 is 0 Å². The number of piperidine rings is 1. The normalized spacial score (nSPS) is 21.5. The van der Waals surface area contributed by atoms with E-state index in [-0.39, 0.29) is 5.41 Å². The van der Waals surface area contributed by atoms with E-state index in [1.807, 2.05) is 37.3 Å². The Morgan fingerprint density at radius 1 is 1.12 bits per heavy atom. The minimum absolute atomic E-state index is 0.173. The Balaban J connectivity index is 1.52. The van der Waals surface area contributed by atoms with Gasteiger partial charge in [-0.25, -0.2) is 0 Å². The van der Waals surface area contributed by atoms with E-state index in [9.17, 15) is 0 Å². The molecule has 7 nitrogen and oxygen atoms in total. The number of aromatic nitrogens is 4. The fraction of sp³-hybridized carbons (Fsp3) is 0.444. The first kappa shape index (κ1) is 16.0. The van der Waals surface area contributed by atoms with Gasteiger partial charge in [-0.05, 0) is 33.2 Å². The van der Waals surface area contributed by atoms with Crippen molar-refractivity contribution in [3.8, 4) is 11.4 Å². The summed E-state index contributed by atoms with van der Waals surface area (Å²) >= 11 is 0. The van der Waals surface area contributed by atoms with Crippen molar-refractivity contribution in [2.45, 2.75) is 38.6 Å². The quantitative estimate of drug-likeness (QED) is 0.722. The van der Waals surface area contributed by atoms with Crippen LogP contribution in [0.15, 0.2) is 39.4 Å². The first-order valence-electron chi connectivity index (χ1n) is 8.54. The van der Waals surface area contributed by atoms with Gasteiger partial charge in [0.25, 0.3) is 0 Å². The average Bonchev–Trinajstić information content (AvgIpc) is 3.26. The Kier molecular flexibility index (Phi) is 4.09. The molecule has 1 fully saturated rings. The van der Waals surface area contributed by atoms with Crippen LogP contribution in [0.25, 0.3) is 11.4 Å². The maximum absolute atomic E-state index is 5.63. The third-order valence-corrected chi connectivity index (χ3v) is 4.68. The molecule has 0 amide bonds. The number of likely N-dealkylation sites (tertiary alicyclic amines) is 1. The zero-order chi connectivity index (χ0) is 17.3. The monoisotopic (exact) mass is 339 g/mol. The van der Waals surface area contributed by atoms with Crippen molar-refractivity contribution >= 4 is 0 Å². The van der Waals surface area contributed by atoms with Crippen LogP contribution in [-0.4, -0.2) is 38.3 Å². The van der Waals surface area contributed by atoms with Gasteiger partial charge in [0.15, 0.2) is 5.82 Å². The first-order chi connectivity index (χ1) is 12.1. The second-order valence-corrected chi connectivity index (χ2v) is 6.90. The van der Waals surface area contributed by atoms with Gasteiger partial charge in [0.05, 0.1) is 12.0 Å². The number of aryl methyl sites for hydroxylation is 1. The summed E-state index contributed by atoms with van der Waals surface area (Å²) < 4.78 is 10.9. The molecule has 130 valence electrons. The molecule has 0 N–H and O–H groups in total. The van der Waals surface area contributed by atoms with E-state index in [0.717, 1.165) is 31.5 Å². The van der Waals surface area contributed by atoms with Gasteiger partial charge in [0.2, 0.25) is 17.6 Å². The molecule has 0 saturated carbocycles. The van der Waals surface area contributed by atoms with E-state index in [1.54, 1.807) is 0 Å². The van der Waals surface area contributed by atoms with Crippen LogP contribution in [0, 0.1) is 6.92 Å². The van der Waals surface area contributed by atoms with E-state index < -0.39 is 0 Å². The van der Waals surface area contributed by atoms with Gasteiger partial charge in [0, 0.05) is 12.1 Å². The maximum Gasteiger partial charge on any atom is 0.240 e. The van der Waals surface area contributed by atoms with Crippen LogP contribution in [0.5, 0.6) is 0 Å². The minimum atomic E-state index is -0.173. The summed E-state index contributed by atoms with van der Waals surface area (Å²) in [5.74, 6) is 2.65. The largest absolute Gasteiger partial charge is 0.338 e. The highest BCUT2D eigenvalue weighted by Crippen LogP contribution is 2.34. The van der Waals surface area contributed by atoms with E-state index in [0.29, 0.717) is 30.0 Å². The highest BCUT2D eigenvalue weighted by atomic mass is 16.5. The lowest BCUT2D eigenvalue weighted by atomic mass is 9.81. The number of nitrogens with zero attached hydrogens (tertiary/aromatic N) is 5. The molecule has 2 aromatic heterocycles. The summed E-state index contributed by atoms with van der Waals surface area (Å²) in [5, 5.41) is 8.03. The first-order valence-corrected chi connectivity index (χ1v) is 8.54. The van der Waals surface area contributed by atoms with Crippen molar-refractivity contribution in [2.24, 2.45) is 0 Å². The minimum Gasteiger partial charge on any atom is -0.338 e. The van der Waals surface area contributed by atoms with Gasteiger partial charge in [-0.2, -0.15) is 9.97 Å². The molecular weight excluding hydrogens is 318 g/mol. The Labute approximate surface area is 146 Å². The molecule has 0 spiro atoms. The standard InChI is InChI=1S/C18H21N5O2/c1-13-19-15(24-21-13)11-23-10-6-9-18(2,12-23)17-20-16(22-25-17)14-7-4-3-5-8-14/h3-5,7-8H,6,9-12H2,1-2H3/t18-/m0/s1. The van der Waals surface area contributed by atoms with Crippen LogP contribution in [0.2, 0.25) is 0 Å². The molecule has 25 heavy (non-hydrogen) atoms. The lowest BCUT2D eigenvalue weighted by Gasteiger charge is -2.37. The van der Waals surface area contributed by atoms with Gasteiger partial charge in [-0.3, -0.25) is 4.90 Å². The lowest BCUT2D eigenvalue weighted by molar-refractivity contribution is 0.113. The highest BCUT2D eigenvalue weighted by molar-refractivity contribution is 5.53. The van der Waals surface area contributed by atoms with E-state index >= 15 is 0 Å². The molecule has 3 aromatic rings. The smallest absolute Gasteiger partial charge is 0.240 e. The van der Waals surface area contributed by atoms with Crippen molar-refractivity contribution in [3.63, 3.8) is 0 Å². The van der Waals surface area contributed by atoms with Crippen LogP contribution in [0.4, 0.5) is 0 Å². The van der Waals surface area contributed by atoms with Crippen LogP contribution < -0.4 is 0 Å². The predicted molar refractivity (Wildman–Crippen MR) is 90.6 cm³/mol. The molecule has 1 aliphatic heterocycles. The summed E-state index contributed by atoms with van der Waals surface area (Å²) in [6, 6.07) is 9.90. The summed E-state index contributed by atoms with van der Waals surface area (Å²) in [6.07, 6.45) is 2.08. The van der Waals surface area contributed by atoms with Crippen LogP contribution in [-0.2, 0) is 12.0 Å². The van der Waals surface area contributed by atoms with Crippen molar-refractivity contribution in [2.75, 3.05) is 13.1 Å². The van der Waals surface area contributed by atoms with Crippen LogP contribution in [0.3, 0.4) is 0 Å². The molecule has 0 radical (unpaired) electrons. The number of rotatable bonds is 4. The molecule has 1 atom stereocenters. The number of benzene rings is 1. The molecule has 0 aliphatic carbocycles. The maximum atomic E-state index is 5.63. The predicted octanol–water partition coefficient (Wildman–Crippen LogP) is 2.98. The fourth-order valence-electron chi connectivity index (χ4n) is 3.42. The van der Waals surface area contributed by atoms with Crippen molar-refractivity contribution in [1.82, 2.24) is 25.2 Å². The summed E-state index contributed by atoms with van der Waals surface area (Å²) in [5.41, 5.74) is 0.794. The summed E-state index contributed by atoms with van der Waals surface area (Å²) in [6.45, 7) is 6.48. The molecule has 0 unspecified atom stereocenters. The number of hydrogen-bond acceptors (Lipinski definition) is 7. The zero-order valence-electron chi connectivity index (χ0n) is 14.5. The third kappa shape index (κ3) is 3.32. The Bertz CT molecular complexity index is 844. The summed E-state index contributed by atoms with van der Waals surface area (Å²) in [7, 11) is 0. The Morgan fingerprint density at radius 2 is 1.96 bits per heavy atom. The fourth-order valence-corrected chi connectivity index (χ4v) is 3.42. The molecular formula is C18H21N5O2. The van der Waals surface area contributed by atoms with E-state index in [2.05, 4.69) is 32.1 Å². The third-order valence-electron chi connectivity index (χ3n) is 4.68. The van der Waals surface area contributed by atoms with Crippen molar-refractivity contribution in [3.05, 3.63) is 47.9 Å². The van der Waals surface area contributed by atoms with Gasteiger partial charge < -0.3 is 9.05 Å². The SMILES string of the molecule is Cc1noc(CN2CCC[C@](C)(c3nc(-c4ccccc4)no3)C2)n1.